The summed E-state index contributed by atoms with van der Waals surface area (Å²) >= 11 is 0. The lowest BCUT2D eigenvalue weighted by Gasteiger charge is -2.34. The molecule has 0 aromatic carbocycles. The van der Waals surface area contributed by atoms with Crippen LogP contribution in [-0.2, 0) is 11.3 Å². The number of aliphatic imine (C=N–C) groups is 1. The highest BCUT2D eigenvalue weighted by molar-refractivity contribution is 14.0. The number of pyridine rings is 1. The summed E-state index contributed by atoms with van der Waals surface area (Å²) in [6.07, 6.45) is 2.05. The highest BCUT2D eigenvalue weighted by Gasteiger charge is 2.21. The van der Waals surface area contributed by atoms with Crippen molar-refractivity contribution in [2.75, 3.05) is 39.3 Å². The molecular formula is C23H38IN7O. The molecule has 3 heterocycles. The van der Waals surface area contributed by atoms with Crippen molar-refractivity contribution < 1.29 is 4.74 Å². The Hall–Kier alpha value is -1.72. The maximum absolute atomic E-state index is 5.94. The monoisotopic (exact) mass is 555 g/mol. The van der Waals surface area contributed by atoms with Gasteiger partial charge in [0.1, 0.15) is 0 Å². The second-order valence-electron chi connectivity index (χ2n) is 8.59. The first-order valence-corrected chi connectivity index (χ1v) is 11.3. The summed E-state index contributed by atoms with van der Waals surface area (Å²) < 4.78 is 7.80. The zero-order chi connectivity index (χ0) is 22.2. The van der Waals surface area contributed by atoms with Gasteiger partial charge in [-0.2, -0.15) is 5.10 Å². The standard InChI is InChI=1S/C23H37N7O.HI/c1-6-24-23(27-14-21-16-29(9-10-31-21)15-17(2)3)26-13-20-7-8-22(25-12-20)30-19(5)11-18(4)28-30;/h7-8,11-12,17,21H,6,9-10,13-16H2,1-5H3,(H2,24,26,27);1H. The molecule has 1 aliphatic rings. The number of halogens is 1. The molecule has 1 atom stereocenters. The fourth-order valence-corrected chi connectivity index (χ4v) is 3.81. The smallest absolute Gasteiger partial charge is 0.191 e. The van der Waals surface area contributed by atoms with Crippen LogP contribution in [0.4, 0.5) is 0 Å². The van der Waals surface area contributed by atoms with Crippen molar-refractivity contribution in [3.8, 4) is 5.82 Å². The summed E-state index contributed by atoms with van der Waals surface area (Å²) in [5, 5.41) is 11.2. The van der Waals surface area contributed by atoms with Gasteiger partial charge in [-0.25, -0.2) is 14.7 Å². The first-order valence-electron chi connectivity index (χ1n) is 11.3. The first-order chi connectivity index (χ1) is 14.9. The average molecular weight is 556 g/mol. The van der Waals surface area contributed by atoms with Crippen LogP contribution in [0, 0.1) is 19.8 Å². The van der Waals surface area contributed by atoms with Crippen LogP contribution in [0.1, 0.15) is 37.7 Å². The second kappa shape index (κ2) is 13.1. The molecule has 1 saturated heterocycles. The molecule has 2 aromatic rings. The topological polar surface area (TPSA) is 79.6 Å². The lowest BCUT2D eigenvalue weighted by molar-refractivity contribution is -0.0284. The summed E-state index contributed by atoms with van der Waals surface area (Å²) in [6.45, 7) is 16.6. The van der Waals surface area contributed by atoms with Crippen molar-refractivity contribution in [1.82, 2.24) is 30.3 Å². The molecule has 0 amide bonds. The highest BCUT2D eigenvalue weighted by atomic mass is 127. The van der Waals surface area contributed by atoms with Gasteiger partial charge in [-0.15, -0.1) is 24.0 Å². The van der Waals surface area contributed by atoms with Crippen molar-refractivity contribution in [1.29, 1.82) is 0 Å². The van der Waals surface area contributed by atoms with E-state index >= 15 is 0 Å². The van der Waals surface area contributed by atoms with Crippen LogP contribution in [-0.4, -0.2) is 71.1 Å². The normalized spacial score (nSPS) is 17.3. The number of hydrogen-bond donors (Lipinski definition) is 2. The molecule has 9 heteroatoms. The zero-order valence-electron chi connectivity index (χ0n) is 20.0. The summed E-state index contributed by atoms with van der Waals surface area (Å²) in [5.41, 5.74) is 3.12. The van der Waals surface area contributed by atoms with E-state index in [0.717, 1.165) is 68.1 Å². The minimum atomic E-state index is 0. The molecule has 32 heavy (non-hydrogen) atoms. The molecular weight excluding hydrogens is 517 g/mol. The van der Waals surface area contributed by atoms with E-state index in [4.69, 9.17) is 9.73 Å². The Balaban J connectivity index is 0.00000363. The minimum absolute atomic E-state index is 0. The van der Waals surface area contributed by atoms with E-state index in [1.54, 1.807) is 0 Å². The van der Waals surface area contributed by atoms with Gasteiger partial charge in [-0.1, -0.05) is 19.9 Å². The Morgan fingerprint density at radius 2 is 2.09 bits per heavy atom. The van der Waals surface area contributed by atoms with Crippen LogP contribution in [0.25, 0.3) is 5.82 Å². The van der Waals surface area contributed by atoms with Crippen LogP contribution < -0.4 is 10.6 Å². The Morgan fingerprint density at radius 1 is 1.28 bits per heavy atom. The van der Waals surface area contributed by atoms with Gasteiger partial charge in [0, 0.05) is 44.6 Å². The maximum atomic E-state index is 5.94. The Morgan fingerprint density at radius 3 is 2.72 bits per heavy atom. The van der Waals surface area contributed by atoms with Crippen LogP contribution in [0.2, 0.25) is 0 Å². The van der Waals surface area contributed by atoms with Gasteiger partial charge in [0.15, 0.2) is 11.8 Å². The van der Waals surface area contributed by atoms with Gasteiger partial charge < -0.3 is 15.4 Å². The minimum Gasteiger partial charge on any atom is -0.374 e. The fourth-order valence-electron chi connectivity index (χ4n) is 3.81. The number of ether oxygens (including phenoxy) is 1. The van der Waals surface area contributed by atoms with E-state index in [-0.39, 0.29) is 30.1 Å². The number of aromatic nitrogens is 3. The van der Waals surface area contributed by atoms with E-state index < -0.39 is 0 Å². The average Bonchev–Trinajstić information content (AvgIpc) is 3.08. The van der Waals surface area contributed by atoms with E-state index in [1.165, 1.54) is 0 Å². The number of rotatable bonds is 8. The van der Waals surface area contributed by atoms with E-state index in [9.17, 15) is 0 Å². The van der Waals surface area contributed by atoms with Gasteiger partial charge in [-0.05, 0) is 44.4 Å². The predicted octanol–water partition coefficient (Wildman–Crippen LogP) is 2.91. The SMILES string of the molecule is CCNC(=NCc1ccc(-n2nc(C)cc2C)nc1)NCC1CN(CC(C)C)CCO1.I. The highest BCUT2D eigenvalue weighted by Crippen LogP contribution is 2.11. The number of guanidine groups is 1. The molecule has 2 N–H and O–H groups in total. The molecule has 1 aliphatic heterocycles. The van der Waals surface area contributed by atoms with Crippen molar-refractivity contribution >= 4 is 29.9 Å². The summed E-state index contributed by atoms with van der Waals surface area (Å²) in [6, 6.07) is 6.09. The predicted molar refractivity (Wildman–Crippen MR) is 140 cm³/mol. The molecule has 0 aliphatic carbocycles. The molecule has 3 rings (SSSR count). The maximum Gasteiger partial charge on any atom is 0.191 e. The fraction of sp³-hybridized carbons (Fsp3) is 0.609. The van der Waals surface area contributed by atoms with Crippen LogP contribution >= 0.6 is 24.0 Å². The second-order valence-corrected chi connectivity index (χ2v) is 8.59. The van der Waals surface area contributed by atoms with Crippen LogP contribution in [0.5, 0.6) is 0 Å². The quantitative estimate of drug-likeness (QED) is 0.297. The van der Waals surface area contributed by atoms with Crippen LogP contribution in [0.15, 0.2) is 29.4 Å². The molecule has 1 fully saturated rings. The third kappa shape index (κ3) is 8.00. The van der Waals surface area contributed by atoms with Gasteiger partial charge in [-0.3, -0.25) is 4.90 Å². The number of nitrogens with zero attached hydrogens (tertiary/aromatic N) is 5. The number of hydrogen-bond acceptors (Lipinski definition) is 5. The number of morpholine rings is 1. The first kappa shape index (κ1) is 26.5. The van der Waals surface area contributed by atoms with Crippen molar-refractivity contribution in [2.24, 2.45) is 10.9 Å². The molecule has 0 spiro atoms. The molecule has 0 radical (unpaired) electrons. The van der Waals surface area contributed by atoms with Gasteiger partial charge in [0.05, 0.1) is 24.9 Å². The summed E-state index contributed by atoms with van der Waals surface area (Å²) in [4.78, 5) is 11.8. The third-order valence-electron chi connectivity index (χ3n) is 5.14. The Labute approximate surface area is 209 Å². The number of aryl methyl sites for hydroxylation is 2. The molecule has 0 saturated carbocycles. The van der Waals surface area contributed by atoms with Crippen molar-refractivity contribution in [3.63, 3.8) is 0 Å². The molecule has 178 valence electrons. The molecule has 0 bridgehead atoms. The van der Waals surface area contributed by atoms with E-state index in [2.05, 4.69) is 52.5 Å². The van der Waals surface area contributed by atoms with Crippen molar-refractivity contribution in [3.05, 3.63) is 41.3 Å². The van der Waals surface area contributed by atoms with E-state index in [1.807, 2.05) is 36.9 Å². The van der Waals surface area contributed by atoms with Crippen LogP contribution in [0.3, 0.4) is 0 Å². The summed E-state index contributed by atoms with van der Waals surface area (Å²) in [5.74, 6) is 2.30. The lowest BCUT2D eigenvalue weighted by atomic mass is 10.2. The molecule has 8 nitrogen and oxygen atoms in total. The van der Waals surface area contributed by atoms with Gasteiger partial charge >= 0.3 is 0 Å². The number of nitrogens with one attached hydrogen (secondary N) is 2. The summed E-state index contributed by atoms with van der Waals surface area (Å²) in [7, 11) is 0. The third-order valence-corrected chi connectivity index (χ3v) is 5.14. The lowest BCUT2D eigenvalue weighted by Crippen LogP contribution is -2.50. The molecule has 1 unspecified atom stereocenters. The Bertz CT molecular complexity index is 851. The van der Waals surface area contributed by atoms with Gasteiger partial charge in [0.25, 0.3) is 0 Å². The zero-order valence-corrected chi connectivity index (χ0v) is 22.3. The molecule has 2 aromatic heterocycles. The van der Waals surface area contributed by atoms with E-state index in [0.29, 0.717) is 12.5 Å². The Kier molecular flexibility index (Phi) is 10.9. The van der Waals surface area contributed by atoms with Gasteiger partial charge in [0.2, 0.25) is 0 Å². The van der Waals surface area contributed by atoms with Crippen molar-refractivity contribution in [2.45, 2.75) is 47.3 Å². The largest absolute Gasteiger partial charge is 0.374 e.